The van der Waals surface area contributed by atoms with Crippen LogP contribution in [0.4, 0.5) is 8.78 Å². The van der Waals surface area contributed by atoms with Gasteiger partial charge in [-0.15, -0.1) is 0 Å². The Kier molecular flexibility index (Phi) is 2.68. The molecule has 12 heavy (non-hydrogen) atoms. The number of halogens is 2. The van der Waals surface area contributed by atoms with Gasteiger partial charge in [-0.25, -0.2) is 8.78 Å². The zero-order valence-corrected chi connectivity index (χ0v) is 7.43. The third-order valence-electron chi connectivity index (χ3n) is 2.66. The number of alkyl halides is 2. The Hall–Kier alpha value is -0.220. The molecule has 1 N–H and O–H groups in total. The Morgan fingerprint density at radius 2 is 2.17 bits per heavy atom. The quantitative estimate of drug-likeness (QED) is 0.686. The lowest BCUT2D eigenvalue weighted by atomic mass is 9.99. The Bertz CT molecular complexity index is 161. The van der Waals surface area contributed by atoms with Gasteiger partial charge in [0.1, 0.15) is 0 Å². The van der Waals surface area contributed by atoms with Gasteiger partial charge in [0.2, 0.25) is 0 Å². The number of aliphatic hydroxyl groups is 1. The minimum absolute atomic E-state index is 0.232. The van der Waals surface area contributed by atoms with E-state index in [9.17, 15) is 13.9 Å². The van der Waals surface area contributed by atoms with Crippen molar-refractivity contribution < 1.29 is 13.9 Å². The molecule has 4 heteroatoms. The third kappa shape index (κ3) is 1.75. The van der Waals surface area contributed by atoms with Crippen LogP contribution in [-0.2, 0) is 0 Å². The maximum absolute atomic E-state index is 12.0. The van der Waals surface area contributed by atoms with E-state index in [0.29, 0.717) is 13.0 Å². The highest BCUT2D eigenvalue weighted by atomic mass is 19.3. The third-order valence-corrected chi connectivity index (χ3v) is 2.66. The van der Waals surface area contributed by atoms with Crippen LogP contribution in [0, 0.1) is 0 Å². The molecule has 0 saturated carbocycles. The van der Waals surface area contributed by atoms with Gasteiger partial charge in [0.15, 0.2) is 0 Å². The minimum Gasteiger partial charge on any atom is -0.391 e. The molecule has 72 valence electrons. The number of nitrogens with zero attached hydrogens (tertiary/aromatic N) is 1. The monoisotopic (exact) mass is 179 g/mol. The van der Waals surface area contributed by atoms with Crippen molar-refractivity contribution in [2.45, 2.75) is 38.3 Å². The lowest BCUT2D eigenvalue weighted by Gasteiger charge is -2.33. The van der Waals surface area contributed by atoms with Crippen LogP contribution in [0.25, 0.3) is 0 Å². The molecule has 2 nitrogen and oxygen atoms in total. The first kappa shape index (κ1) is 9.86. The number of hydrogen-bond donors (Lipinski definition) is 1. The van der Waals surface area contributed by atoms with Crippen LogP contribution in [0.5, 0.6) is 0 Å². The lowest BCUT2D eigenvalue weighted by Crippen LogP contribution is -2.46. The fourth-order valence-corrected chi connectivity index (χ4v) is 1.62. The second-order valence-electron chi connectivity index (χ2n) is 3.80. The van der Waals surface area contributed by atoms with E-state index >= 15 is 0 Å². The molecule has 1 unspecified atom stereocenters. The maximum atomic E-state index is 12.0. The van der Waals surface area contributed by atoms with Gasteiger partial charge < -0.3 is 5.11 Å². The molecule has 0 aromatic heterocycles. The Labute approximate surface area is 71.2 Å². The topological polar surface area (TPSA) is 23.5 Å². The average molecular weight is 179 g/mol. The van der Waals surface area contributed by atoms with Crippen molar-refractivity contribution in [3.05, 3.63) is 0 Å². The Balaban J connectivity index is 2.56. The van der Waals surface area contributed by atoms with Gasteiger partial charge in [-0.05, 0) is 20.3 Å². The van der Waals surface area contributed by atoms with Crippen molar-refractivity contribution in [3.8, 4) is 0 Å². The van der Waals surface area contributed by atoms with E-state index in [0.717, 1.165) is 0 Å². The van der Waals surface area contributed by atoms with E-state index in [-0.39, 0.29) is 6.54 Å². The fourth-order valence-electron chi connectivity index (χ4n) is 1.62. The van der Waals surface area contributed by atoms with E-state index in [2.05, 4.69) is 0 Å². The van der Waals surface area contributed by atoms with Gasteiger partial charge in [0.25, 0.3) is 6.43 Å². The van der Waals surface area contributed by atoms with Gasteiger partial charge in [-0.3, -0.25) is 4.90 Å². The van der Waals surface area contributed by atoms with Gasteiger partial charge in [-0.1, -0.05) is 0 Å². The van der Waals surface area contributed by atoms with E-state index in [1.54, 1.807) is 18.7 Å². The second kappa shape index (κ2) is 3.26. The molecule has 1 aliphatic rings. The fraction of sp³-hybridized carbons (Fsp3) is 1.00. The predicted molar refractivity (Wildman–Crippen MR) is 42.3 cm³/mol. The summed E-state index contributed by atoms with van der Waals surface area (Å²) in [6.45, 7) is 3.93. The normalized spacial score (nSPS) is 30.0. The van der Waals surface area contributed by atoms with Crippen LogP contribution in [-0.4, -0.2) is 41.2 Å². The second-order valence-corrected chi connectivity index (χ2v) is 3.80. The van der Waals surface area contributed by atoms with Crippen molar-refractivity contribution in [1.82, 2.24) is 4.90 Å². The van der Waals surface area contributed by atoms with Crippen LogP contribution < -0.4 is 0 Å². The zero-order valence-electron chi connectivity index (χ0n) is 7.43. The summed E-state index contributed by atoms with van der Waals surface area (Å²) in [7, 11) is 0. The Morgan fingerprint density at radius 3 is 2.50 bits per heavy atom. The molecule has 1 saturated heterocycles. The molecule has 0 spiro atoms. The van der Waals surface area contributed by atoms with E-state index in [4.69, 9.17) is 0 Å². The molecule has 0 bridgehead atoms. The number of likely N-dealkylation sites (tertiary alicyclic amines) is 1. The van der Waals surface area contributed by atoms with Crippen LogP contribution in [0.15, 0.2) is 0 Å². The first-order valence-electron chi connectivity index (χ1n) is 4.16. The highest BCUT2D eigenvalue weighted by Gasteiger charge is 2.40. The van der Waals surface area contributed by atoms with Gasteiger partial charge >= 0.3 is 0 Å². The summed E-state index contributed by atoms with van der Waals surface area (Å²) in [6, 6.07) is 0. The average Bonchev–Trinajstić information content (AvgIpc) is 2.15. The summed E-state index contributed by atoms with van der Waals surface area (Å²) >= 11 is 0. The largest absolute Gasteiger partial charge is 0.391 e. The molecule has 1 atom stereocenters. The summed E-state index contributed by atoms with van der Waals surface area (Å²) in [5.41, 5.74) is -0.490. The molecule has 0 aromatic rings. The van der Waals surface area contributed by atoms with Crippen LogP contribution >= 0.6 is 0 Å². The molecule has 1 heterocycles. The molecule has 0 aromatic carbocycles. The van der Waals surface area contributed by atoms with Crippen molar-refractivity contribution in [1.29, 1.82) is 0 Å². The van der Waals surface area contributed by atoms with Gasteiger partial charge in [0.05, 0.1) is 12.6 Å². The van der Waals surface area contributed by atoms with Crippen molar-refractivity contribution >= 4 is 0 Å². The molecule has 0 radical (unpaired) electrons. The summed E-state index contributed by atoms with van der Waals surface area (Å²) < 4.78 is 24.1. The summed E-state index contributed by atoms with van der Waals surface area (Å²) in [5.74, 6) is 0. The van der Waals surface area contributed by atoms with Crippen LogP contribution in [0.2, 0.25) is 0 Å². The molecule has 1 fully saturated rings. The number of aliphatic hydroxyl groups excluding tert-OH is 1. The molecular formula is C8H15F2NO. The molecule has 0 aliphatic carbocycles. The summed E-state index contributed by atoms with van der Waals surface area (Å²) in [6.07, 6.45) is -2.19. The molecule has 1 rings (SSSR count). The summed E-state index contributed by atoms with van der Waals surface area (Å²) in [5, 5.41) is 9.45. The highest BCUT2D eigenvalue weighted by Crippen LogP contribution is 2.28. The van der Waals surface area contributed by atoms with Crippen molar-refractivity contribution in [3.63, 3.8) is 0 Å². The van der Waals surface area contributed by atoms with Crippen molar-refractivity contribution in [2.75, 3.05) is 13.1 Å². The van der Waals surface area contributed by atoms with E-state index in [1.807, 2.05) is 0 Å². The molecule has 0 amide bonds. The van der Waals surface area contributed by atoms with Crippen molar-refractivity contribution in [2.24, 2.45) is 0 Å². The number of rotatable bonds is 2. The van der Waals surface area contributed by atoms with Gasteiger partial charge in [0, 0.05) is 12.1 Å². The van der Waals surface area contributed by atoms with Crippen LogP contribution in [0.3, 0.4) is 0 Å². The first-order valence-corrected chi connectivity index (χ1v) is 4.16. The predicted octanol–water partition coefficient (Wildman–Crippen LogP) is 1.10. The Morgan fingerprint density at radius 1 is 1.58 bits per heavy atom. The standard InChI is InChI=1S/C8H15F2NO/c1-8(2)6(12)3-4-11(8)5-7(9)10/h6-7,12H,3-5H2,1-2H3. The molecular weight excluding hydrogens is 164 g/mol. The maximum Gasteiger partial charge on any atom is 0.251 e. The SMILES string of the molecule is CC1(C)C(O)CCN1CC(F)F. The molecule has 1 aliphatic heterocycles. The van der Waals surface area contributed by atoms with E-state index < -0.39 is 18.1 Å². The first-order chi connectivity index (χ1) is 5.44. The minimum atomic E-state index is -2.31. The van der Waals surface area contributed by atoms with Gasteiger partial charge in [-0.2, -0.15) is 0 Å². The zero-order chi connectivity index (χ0) is 9.35. The highest BCUT2D eigenvalue weighted by molar-refractivity contribution is 4.95. The lowest BCUT2D eigenvalue weighted by molar-refractivity contribution is 0.0158. The van der Waals surface area contributed by atoms with E-state index in [1.165, 1.54) is 0 Å². The van der Waals surface area contributed by atoms with Crippen LogP contribution in [0.1, 0.15) is 20.3 Å². The smallest absolute Gasteiger partial charge is 0.251 e. The summed E-state index contributed by atoms with van der Waals surface area (Å²) in [4.78, 5) is 1.64. The number of hydrogen-bond acceptors (Lipinski definition) is 2.